The van der Waals surface area contributed by atoms with Crippen LogP contribution in [0, 0.1) is 59.2 Å². The molecule has 1 aliphatic heterocycles. The number of Topliss-reactive ketones (excluding diaryl/α,β-unsaturated/α-hetero) is 3. The van der Waals surface area contributed by atoms with E-state index in [9.17, 15) is 19.2 Å². The summed E-state index contributed by atoms with van der Waals surface area (Å²) in [5.74, 6) is -13.0. The van der Waals surface area contributed by atoms with Crippen molar-refractivity contribution < 1.29 is 66.7 Å². The first-order chi connectivity index (χ1) is 49.2. The molecule has 0 bridgehead atoms. The van der Waals surface area contributed by atoms with Gasteiger partial charge >= 0.3 is 5.97 Å². The Morgan fingerprint density at radius 2 is 0.962 bits per heavy atom. The second-order valence-corrected chi connectivity index (χ2v) is 37.6. The number of nitrogens with zero attached hydrogens (tertiary/aromatic N) is 7. The molecule has 0 unspecified atom stereocenters. The normalized spacial score (nSPS) is 25.3. The van der Waals surface area contributed by atoms with Gasteiger partial charge in [0.05, 0.1) is 12.1 Å². The fraction of sp³-hybridized carbons (Fsp3) is 0.687. The Balaban J connectivity index is 2.50. The van der Waals surface area contributed by atoms with Crippen LogP contribution in [0.3, 0.4) is 0 Å². The number of ketones is 3. The van der Waals surface area contributed by atoms with E-state index < -0.39 is 168 Å². The number of amides is 8. The highest BCUT2D eigenvalue weighted by atomic mass is 28.4. The first kappa shape index (κ1) is 92.8. The van der Waals surface area contributed by atoms with E-state index in [-0.39, 0.29) is 87.3 Å². The minimum absolute atomic E-state index is 0.0314. The van der Waals surface area contributed by atoms with Crippen molar-refractivity contribution in [3.8, 4) is 0 Å². The minimum Gasteiger partial charge on any atom is -0.459 e. The third kappa shape index (κ3) is 23.6. The van der Waals surface area contributed by atoms with Crippen molar-refractivity contribution in [1.82, 2.24) is 39.6 Å². The summed E-state index contributed by atoms with van der Waals surface area (Å²) in [7, 11) is 6.95. The summed E-state index contributed by atoms with van der Waals surface area (Å²) in [6.45, 7) is 37.8. The number of rotatable bonds is 20. The van der Waals surface area contributed by atoms with E-state index in [1.165, 1.54) is 92.6 Å². The molecule has 0 aliphatic carbocycles. The van der Waals surface area contributed by atoms with Crippen LogP contribution in [0.25, 0.3) is 0 Å². The van der Waals surface area contributed by atoms with Gasteiger partial charge < -0.3 is 48.8 Å². The topological polar surface area (TPSA) is 258 Å². The summed E-state index contributed by atoms with van der Waals surface area (Å²) >= 11 is 0. The molecule has 14 atom stereocenters. The van der Waals surface area contributed by atoms with Gasteiger partial charge in [-0.05, 0) is 96.9 Å². The van der Waals surface area contributed by atoms with Crippen molar-refractivity contribution >= 4 is 89.3 Å². The molecule has 0 aromatic heterocycles. The summed E-state index contributed by atoms with van der Waals surface area (Å²) in [4.78, 5) is 190. The van der Waals surface area contributed by atoms with Crippen molar-refractivity contribution in [2.75, 3.05) is 55.9 Å². The van der Waals surface area contributed by atoms with Gasteiger partial charge in [-0.15, -0.1) is 0 Å². The molecule has 1 N–H and O–H groups in total. The largest absolute Gasteiger partial charge is 0.459 e. The molecular weight excluding hydrogens is 1360 g/mol. The van der Waals surface area contributed by atoms with Crippen molar-refractivity contribution in [3.63, 3.8) is 0 Å². The number of benzene rings is 2. The van der Waals surface area contributed by atoms with Crippen molar-refractivity contribution in [1.29, 1.82) is 0 Å². The van der Waals surface area contributed by atoms with E-state index >= 15 is 38.4 Å². The zero-order valence-electron chi connectivity index (χ0n) is 69.6. The fourth-order valence-corrected chi connectivity index (χ4v) is 19.7. The third-order valence-corrected chi connectivity index (χ3v) is 26.5. The van der Waals surface area contributed by atoms with Gasteiger partial charge in [0.1, 0.15) is 48.1 Å². The molecule has 2 aromatic carbocycles. The van der Waals surface area contributed by atoms with Gasteiger partial charge in [-0.3, -0.25) is 57.5 Å². The van der Waals surface area contributed by atoms with Crippen LogP contribution in [-0.4, -0.2) is 224 Å². The smallest absolute Gasteiger partial charge is 0.303 e. The molecule has 0 saturated carbocycles. The number of ether oxygens (including phenoxy) is 1. The SMILES string of the molecule is C/C=C/C[C@@H](C)[C@@H](OC(C)=O)[C@H]1C(=O)N[C@@H](CC)C(=O)N(C)[C@H](C)C(=O)N(C)[C@@H]([C@H](C)CO[Si](c2ccccc2)(c2ccccc2)C(C)(C)C)C(=O)C[C@@H](C(C)C)C(=O)N(C)[C@@H](CC(C)C)C(=O)C[C@@H](C)C(=O)C[C@H](C)C(=O)N(C)[C@@H](CC(C)C)C(=O)N(C)[C@@H](CC(C)C)C(=O)N(C)[C@@H](C(C)C)C(=O)N1C. The van der Waals surface area contributed by atoms with Gasteiger partial charge in [-0.1, -0.05) is 197 Å². The van der Waals surface area contributed by atoms with Crippen LogP contribution in [0.5, 0.6) is 0 Å². The minimum atomic E-state index is -3.30. The molecule has 106 heavy (non-hydrogen) atoms. The number of esters is 1. The van der Waals surface area contributed by atoms with E-state index in [1.54, 1.807) is 54.5 Å². The highest BCUT2D eigenvalue weighted by Gasteiger charge is 2.52. The van der Waals surface area contributed by atoms with E-state index in [4.69, 9.17) is 9.16 Å². The van der Waals surface area contributed by atoms with Crippen LogP contribution in [0.2, 0.25) is 5.04 Å². The highest BCUT2D eigenvalue weighted by Crippen LogP contribution is 2.38. The Morgan fingerprint density at radius 3 is 1.41 bits per heavy atom. The lowest BCUT2D eigenvalue weighted by atomic mass is 9.83. The summed E-state index contributed by atoms with van der Waals surface area (Å²) in [5.41, 5.74) is 0. The molecule has 1 fully saturated rings. The number of hydrogen-bond acceptors (Lipinski definition) is 14. The molecule has 1 saturated heterocycles. The van der Waals surface area contributed by atoms with E-state index in [2.05, 4.69) is 26.1 Å². The molecule has 0 spiro atoms. The number of carbonyl (C=O) groups excluding carboxylic acids is 12. The number of carbonyl (C=O) groups is 12. The maximum atomic E-state index is 15.9. The quantitative estimate of drug-likeness (QED) is 0.0735. The highest BCUT2D eigenvalue weighted by molar-refractivity contribution is 6.99. The second-order valence-electron chi connectivity index (χ2n) is 33.3. The predicted octanol–water partition coefficient (Wildman–Crippen LogP) is 9.67. The van der Waals surface area contributed by atoms with Gasteiger partial charge in [0.25, 0.3) is 8.32 Å². The molecule has 0 radical (unpaired) electrons. The predicted molar refractivity (Wildman–Crippen MR) is 419 cm³/mol. The zero-order valence-corrected chi connectivity index (χ0v) is 70.6. The number of allylic oxidation sites excluding steroid dienone is 2. The van der Waals surface area contributed by atoms with E-state index in [0.29, 0.717) is 0 Å². The van der Waals surface area contributed by atoms with E-state index in [1.807, 2.05) is 129 Å². The maximum Gasteiger partial charge on any atom is 0.303 e. The van der Waals surface area contributed by atoms with Gasteiger partial charge in [0, 0.05) is 106 Å². The van der Waals surface area contributed by atoms with Gasteiger partial charge in [0.15, 0.2) is 11.6 Å². The number of hydrogen-bond donors (Lipinski definition) is 1. The molecule has 594 valence electrons. The van der Waals surface area contributed by atoms with E-state index in [0.717, 1.165) is 15.3 Å². The lowest BCUT2D eigenvalue weighted by Crippen LogP contribution is -2.67. The van der Waals surface area contributed by atoms with Crippen LogP contribution in [0.15, 0.2) is 72.8 Å². The fourth-order valence-electron chi connectivity index (χ4n) is 15.1. The summed E-state index contributed by atoms with van der Waals surface area (Å²) in [6, 6.07) is 9.70. The lowest BCUT2D eigenvalue weighted by molar-refractivity contribution is -0.164. The van der Waals surface area contributed by atoms with Gasteiger partial charge in [-0.2, -0.15) is 0 Å². The molecule has 23 heteroatoms. The third-order valence-electron chi connectivity index (χ3n) is 21.5. The van der Waals surface area contributed by atoms with Gasteiger partial charge in [0.2, 0.25) is 47.3 Å². The number of nitrogens with one attached hydrogen (secondary N) is 1. The Morgan fingerprint density at radius 1 is 0.519 bits per heavy atom. The van der Waals surface area contributed by atoms with Crippen LogP contribution >= 0.6 is 0 Å². The Bertz CT molecular complexity index is 3300. The van der Waals surface area contributed by atoms with Crippen molar-refractivity contribution in [3.05, 3.63) is 72.8 Å². The molecule has 3 rings (SSSR count). The first-order valence-corrected chi connectivity index (χ1v) is 40.4. The average Bonchev–Trinajstić information content (AvgIpc) is 0.746. The Labute approximate surface area is 636 Å². The number of likely N-dealkylation sites (N-methyl/N-ethyl adjacent to an activating group) is 7. The average molecular weight is 1500 g/mol. The molecule has 2 aromatic rings. The molecular formula is C83H134N8O14Si. The zero-order chi connectivity index (χ0) is 81.1. The summed E-state index contributed by atoms with van der Waals surface area (Å²) in [6.07, 6.45) is 2.15. The molecule has 8 amide bonds. The molecule has 22 nitrogen and oxygen atoms in total. The van der Waals surface area contributed by atoms with Gasteiger partial charge in [-0.25, -0.2) is 0 Å². The maximum absolute atomic E-state index is 15.9. The molecule has 1 aliphatic rings. The standard InChI is InChI=1S/C83H134N8O14Si/c1-29-31-38-55(13)74(105-60(18)92)73-75(96)84-64(30-2)79(100)85(22)59(17)77(98)90(27)72(58(16)49-104-106(83(19,20)21,61-39-34-32-35-40-61)62-41-36-33-37-42-62)70(95)48-63(53(9)10)78(99)86(23)65(43-50(3)4)69(94)46-56(14)68(93)47-57(15)76(97)87(24)66(44-51(5)6)80(101)88(25)67(45-52(7)8)81(102)89(26)71(54(11)12)82(103)91(73)28/h29,31-37,39-42,50-59,63-67,71-74H,30,38,43-49H2,1-28H3,(H,84,96)/b31-29+/t55-,56-,57+,58-,59-,63+,64+,65+,66+,67+,71+,72+,73+,74-/m1/s1. The summed E-state index contributed by atoms with van der Waals surface area (Å²) < 4.78 is 13.5. The second kappa shape index (κ2) is 41.2. The van der Waals surface area contributed by atoms with Crippen LogP contribution in [0.1, 0.15) is 197 Å². The first-order valence-electron chi connectivity index (χ1n) is 38.5. The Hall–Kier alpha value is -7.40. The van der Waals surface area contributed by atoms with Crippen LogP contribution in [0.4, 0.5) is 0 Å². The monoisotopic (exact) mass is 1490 g/mol. The van der Waals surface area contributed by atoms with Crippen LogP contribution < -0.4 is 15.7 Å². The van der Waals surface area contributed by atoms with Crippen molar-refractivity contribution in [2.24, 2.45) is 59.2 Å². The lowest BCUT2D eigenvalue weighted by Gasteiger charge is -2.44. The summed E-state index contributed by atoms with van der Waals surface area (Å²) in [5, 5.41) is 4.34. The Kier molecular flexibility index (Phi) is 36.1. The van der Waals surface area contributed by atoms with Crippen molar-refractivity contribution in [2.45, 2.75) is 256 Å². The molecule has 1 heterocycles. The van der Waals surface area contributed by atoms with Crippen LogP contribution in [-0.2, 0) is 66.7 Å².